The summed E-state index contributed by atoms with van der Waals surface area (Å²) >= 11 is 6.80. The number of hydrogen-bond acceptors (Lipinski definition) is 7. The van der Waals surface area contributed by atoms with E-state index in [0.29, 0.717) is 16.5 Å². The lowest BCUT2D eigenvalue weighted by Gasteiger charge is -2.32. The number of hydrogen-bond donors (Lipinski definition) is 0. The van der Waals surface area contributed by atoms with Gasteiger partial charge < -0.3 is 9.80 Å². The van der Waals surface area contributed by atoms with Crippen molar-refractivity contribution in [3.8, 4) is 11.3 Å². The van der Waals surface area contributed by atoms with Crippen LogP contribution in [0.25, 0.3) is 22.3 Å². The third-order valence-corrected chi connectivity index (χ3v) is 5.88. The molecule has 0 amide bonds. The van der Waals surface area contributed by atoms with E-state index in [-0.39, 0.29) is 0 Å². The van der Waals surface area contributed by atoms with Gasteiger partial charge in [0, 0.05) is 64.8 Å². The highest BCUT2D eigenvalue weighted by atomic mass is 35.5. The summed E-state index contributed by atoms with van der Waals surface area (Å²) in [6.45, 7) is 5.94. The topological polar surface area (TPSA) is 65.7 Å². The van der Waals surface area contributed by atoms with Crippen molar-refractivity contribution in [2.45, 2.75) is 6.54 Å². The first kappa shape index (κ1) is 22.4. The zero-order valence-electron chi connectivity index (χ0n) is 18.8. The van der Waals surface area contributed by atoms with Gasteiger partial charge in [0.05, 0.1) is 11.9 Å². The van der Waals surface area contributed by atoms with Gasteiger partial charge in [-0.2, -0.15) is 5.10 Å². The van der Waals surface area contributed by atoms with Crippen LogP contribution in [0.5, 0.6) is 0 Å². The minimum atomic E-state index is 0.387. The van der Waals surface area contributed by atoms with Crippen LogP contribution in [0, 0.1) is 0 Å². The van der Waals surface area contributed by atoms with Crippen molar-refractivity contribution >= 4 is 34.7 Å². The fourth-order valence-electron chi connectivity index (χ4n) is 3.68. The summed E-state index contributed by atoms with van der Waals surface area (Å²) in [5, 5.41) is 14.9. The summed E-state index contributed by atoms with van der Waals surface area (Å²) in [4.78, 5) is 11.1. The Kier molecular flexibility index (Phi) is 7.14. The molecule has 0 unspecified atom stereocenters. The lowest BCUT2D eigenvalue weighted by Crippen LogP contribution is -2.45. The summed E-state index contributed by atoms with van der Waals surface area (Å²) in [5.74, 6) is 0.387. The number of rotatable bonds is 7. The van der Waals surface area contributed by atoms with Gasteiger partial charge in [-0.15, -0.1) is 10.2 Å². The van der Waals surface area contributed by atoms with Gasteiger partial charge in [-0.1, -0.05) is 41.9 Å². The van der Waals surface area contributed by atoms with Crippen LogP contribution in [0.4, 0.5) is 5.82 Å². The quantitative estimate of drug-likeness (QED) is 0.513. The van der Waals surface area contributed by atoms with Crippen molar-refractivity contribution in [2.24, 2.45) is 4.99 Å². The molecule has 8 nitrogen and oxygen atoms in total. The molecule has 9 heteroatoms. The number of benzene rings is 1. The Hall–Kier alpha value is -2.81. The Bertz CT molecular complexity index is 1100. The van der Waals surface area contributed by atoms with Crippen molar-refractivity contribution in [3.05, 3.63) is 47.6 Å². The van der Waals surface area contributed by atoms with Gasteiger partial charge in [-0.3, -0.25) is 4.90 Å². The maximum absolute atomic E-state index is 6.80. The number of nitrogens with zero attached hydrogens (tertiary/aromatic N) is 8. The maximum Gasteiger partial charge on any atom is 0.194 e. The first-order chi connectivity index (χ1) is 15.5. The van der Waals surface area contributed by atoms with Crippen LogP contribution >= 0.6 is 11.6 Å². The number of halogens is 1. The van der Waals surface area contributed by atoms with E-state index in [1.54, 1.807) is 6.21 Å². The van der Waals surface area contributed by atoms with Crippen LogP contribution in [0.2, 0.25) is 5.02 Å². The summed E-state index contributed by atoms with van der Waals surface area (Å²) in [6, 6.07) is 10.1. The van der Waals surface area contributed by atoms with Crippen molar-refractivity contribution in [2.75, 3.05) is 53.9 Å². The first-order valence-corrected chi connectivity index (χ1v) is 11.2. The molecule has 1 aromatic carbocycles. The number of allylic oxidation sites excluding steroid dienone is 1. The largest absolute Gasteiger partial charge is 0.383 e. The van der Waals surface area contributed by atoms with Crippen molar-refractivity contribution in [1.82, 2.24) is 34.7 Å². The standard InChI is InChI=1S/C23H29ClN8/c1-29(2)11-7-10-25-22-20(24)19-21(18-8-5-4-6-9-18)28-32(23(19)27-26-22)17-16-31-14-12-30(3)13-15-31/h4-11H,12-17H2,1-3H3/b11-7-,25-10+. The summed E-state index contributed by atoms with van der Waals surface area (Å²) < 4.78 is 1.92. The van der Waals surface area contributed by atoms with Crippen molar-refractivity contribution < 1.29 is 0 Å². The van der Waals surface area contributed by atoms with Gasteiger partial charge in [0.1, 0.15) is 10.7 Å². The van der Waals surface area contributed by atoms with E-state index in [1.807, 2.05) is 66.3 Å². The van der Waals surface area contributed by atoms with Gasteiger partial charge in [-0.25, -0.2) is 9.67 Å². The third kappa shape index (κ3) is 5.15. The van der Waals surface area contributed by atoms with Gasteiger partial charge in [0.2, 0.25) is 0 Å². The van der Waals surface area contributed by atoms with Gasteiger partial charge in [-0.05, 0) is 13.1 Å². The zero-order chi connectivity index (χ0) is 22.5. The van der Waals surface area contributed by atoms with E-state index in [4.69, 9.17) is 16.7 Å². The summed E-state index contributed by atoms with van der Waals surface area (Å²) in [6.07, 6.45) is 5.40. The highest BCUT2D eigenvalue weighted by Crippen LogP contribution is 2.36. The SMILES string of the molecule is CN(C)/C=C\C=N\c1nnc2c(c(-c3ccccc3)nn2CCN2CCN(C)CC2)c1Cl. The second-order valence-electron chi connectivity index (χ2n) is 8.20. The van der Waals surface area contributed by atoms with Crippen LogP contribution in [0.1, 0.15) is 0 Å². The van der Waals surface area contributed by atoms with E-state index in [2.05, 4.69) is 32.0 Å². The normalized spacial score (nSPS) is 16.0. The lowest BCUT2D eigenvalue weighted by atomic mass is 10.1. The number of aromatic nitrogens is 4. The van der Waals surface area contributed by atoms with E-state index < -0.39 is 0 Å². The van der Waals surface area contributed by atoms with E-state index >= 15 is 0 Å². The molecule has 1 aliphatic rings. The predicted octanol–water partition coefficient (Wildman–Crippen LogP) is 3.17. The Labute approximate surface area is 193 Å². The zero-order valence-corrected chi connectivity index (χ0v) is 19.6. The smallest absolute Gasteiger partial charge is 0.194 e. The highest BCUT2D eigenvalue weighted by molar-refractivity contribution is 6.38. The molecule has 4 rings (SSSR count). The number of aliphatic imine (C=N–C) groups is 1. The average molecular weight is 453 g/mol. The molecule has 168 valence electrons. The summed E-state index contributed by atoms with van der Waals surface area (Å²) in [5.41, 5.74) is 2.48. The monoisotopic (exact) mass is 452 g/mol. The maximum atomic E-state index is 6.80. The average Bonchev–Trinajstić information content (AvgIpc) is 3.17. The molecule has 0 spiro atoms. The summed E-state index contributed by atoms with van der Waals surface area (Å²) in [7, 11) is 6.07. The van der Waals surface area contributed by atoms with Crippen molar-refractivity contribution in [1.29, 1.82) is 0 Å². The minimum absolute atomic E-state index is 0.387. The second-order valence-corrected chi connectivity index (χ2v) is 8.58. The highest BCUT2D eigenvalue weighted by Gasteiger charge is 2.21. The fourth-order valence-corrected chi connectivity index (χ4v) is 3.94. The molecule has 32 heavy (non-hydrogen) atoms. The van der Waals surface area contributed by atoms with Crippen LogP contribution in [-0.2, 0) is 6.54 Å². The van der Waals surface area contributed by atoms with Crippen molar-refractivity contribution in [3.63, 3.8) is 0 Å². The van der Waals surface area contributed by atoms with Gasteiger partial charge in [0.15, 0.2) is 11.5 Å². The fraction of sp³-hybridized carbons (Fsp3) is 0.391. The molecule has 0 N–H and O–H groups in total. The Morgan fingerprint density at radius 2 is 1.81 bits per heavy atom. The number of piperazine rings is 1. The van der Waals surface area contributed by atoms with Crippen LogP contribution < -0.4 is 0 Å². The minimum Gasteiger partial charge on any atom is -0.383 e. The van der Waals surface area contributed by atoms with Crippen LogP contribution in [0.15, 0.2) is 47.6 Å². The number of fused-ring (bicyclic) bond motifs is 1. The van der Waals surface area contributed by atoms with Gasteiger partial charge in [0.25, 0.3) is 0 Å². The molecular weight excluding hydrogens is 424 g/mol. The molecule has 1 fully saturated rings. The van der Waals surface area contributed by atoms with E-state index in [9.17, 15) is 0 Å². The van der Waals surface area contributed by atoms with E-state index in [1.165, 1.54) is 0 Å². The van der Waals surface area contributed by atoms with Crippen LogP contribution in [-0.4, -0.2) is 94.8 Å². The predicted molar refractivity (Wildman–Crippen MR) is 131 cm³/mol. The third-order valence-electron chi connectivity index (χ3n) is 5.52. The molecule has 0 atom stereocenters. The molecule has 0 aliphatic carbocycles. The molecule has 1 aliphatic heterocycles. The second kappa shape index (κ2) is 10.2. The van der Waals surface area contributed by atoms with E-state index in [0.717, 1.165) is 55.9 Å². The molecule has 0 saturated carbocycles. The molecule has 0 radical (unpaired) electrons. The Morgan fingerprint density at radius 1 is 1.06 bits per heavy atom. The molecule has 3 heterocycles. The van der Waals surface area contributed by atoms with Gasteiger partial charge >= 0.3 is 0 Å². The molecular formula is C23H29ClN8. The first-order valence-electron chi connectivity index (χ1n) is 10.8. The molecule has 1 saturated heterocycles. The Balaban J connectivity index is 1.68. The molecule has 2 aromatic heterocycles. The van der Waals surface area contributed by atoms with Crippen LogP contribution in [0.3, 0.4) is 0 Å². The molecule has 3 aromatic rings. The Morgan fingerprint density at radius 3 is 2.53 bits per heavy atom. The number of likely N-dealkylation sites (N-methyl/N-ethyl adjacent to an activating group) is 1. The lowest BCUT2D eigenvalue weighted by molar-refractivity contribution is 0.149. The molecule has 0 bridgehead atoms.